The predicted molar refractivity (Wildman–Crippen MR) is 119 cm³/mol. The average Bonchev–Trinajstić information content (AvgIpc) is 3.50. The van der Waals surface area contributed by atoms with Gasteiger partial charge >= 0.3 is 0 Å². The number of halogens is 1. The van der Waals surface area contributed by atoms with Gasteiger partial charge in [-0.3, -0.25) is 4.79 Å². The summed E-state index contributed by atoms with van der Waals surface area (Å²) in [5.74, 6) is -0.316. The second kappa shape index (κ2) is 8.10. The minimum atomic E-state index is -0.911. The predicted octanol–water partition coefficient (Wildman–Crippen LogP) is 3.68. The van der Waals surface area contributed by atoms with E-state index >= 15 is 0 Å². The van der Waals surface area contributed by atoms with E-state index in [0.29, 0.717) is 46.6 Å². The fourth-order valence-electron chi connectivity index (χ4n) is 3.66. The van der Waals surface area contributed by atoms with Gasteiger partial charge in [-0.15, -0.1) is 0 Å². The average molecular weight is 467 g/mol. The van der Waals surface area contributed by atoms with Gasteiger partial charge in [0.05, 0.1) is 16.7 Å². The van der Waals surface area contributed by atoms with Gasteiger partial charge in [-0.25, -0.2) is 14.1 Å². The fourth-order valence-corrected chi connectivity index (χ4v) is 3.66. The Kier molecular flexibility index (Phi) is 5.20. The number of pyridine rings is 1. The molecule has 0 atom stereocenters. The number of aliphatic hydroxyl groups is 1. The molecule has 1 aliphatic rings. The van der Waals surface area contributed by atoms with Crippen molar-refractivity contribution in [2.24, 2.45) is 0 Å². The van der Waals surface area contributed by atoms with Crippen LogP contribution >= 0.6 is 0 Å². The monoisotopic (exact) mass is 467 g/mol. The summed E-state index contributed by atoms with van der Waals surface area (Å²) < 4.78 is 31.4. The Bertz CT molecular complexity index is 1410. The number of hydrogen-bond acceptors (Lipinski definition) is 8. The molecule has 11 heteroatoms. The number of carbonyl (C=O) groups excluding carboxylic acids is 1. The molecule has 2 N–H and O–H groups in total. The zero-order valence-electron chi connectivity index (χ0n) is 18.8. The maximum absolute atomic E-state index is 14.5. The molecule has 0 saturated carbocycles. The van der Waals surface area contributed by atoms with Gasteiger partial charge in [0.1, 0.15) is 11.8 Å². The molecule has 0 aliphatic carbocycles. The molecule has 34 heavy (non-hydrogen) atoms. The number of fused-ring (bicyclic) bond motifs is 2. The van der Waals surface area contributed by atoms with Crippen molar-refractivity contribution in [2.75, 3.05) is 12.1 Å². The van der Waals surface area contributed by atoms with Crippen molar-refractivity contribution in [1.82, 2.24) is 19.9 Å². The van der Waals surface area contributed by atoms with Crippen LogP contribution in [0.15, 0.2) is 35.2 Å². The third-order valence-electron chi connectivity index (χ3n) is 5.51. The summed E-state index contributed by atoms with van der Waals surface area (Å²) in [5.41, 5.74) is 1.45. The number of aryl methyl sites for hydroxylation is 2. The highest BCUT2D eigenvalue weighted by molar-refractivity contribution is 6.08. The molecular weight excluding hydrogens is 445 g/mol. The highest BCUT2D eigenvalue weighted by atomic mass is 19.1. The molecule has 10 nitrogen and oxygen atoms in total. The minimum Gasteiger partial charge on any atom is -0.453 e. The Morgan fingerprint density at radius 3 is 2.82 bits per heavy atom. The molecule has 0 fully saturated rings. The number of amides is 1. The molecule has 0 unspecified atom stereocenters. The summed E-state index contributed by atoms with van der Waals surface area (Å²) in [7, 11) is 0. The van der Waals surface area contributed by atoms with Gasteiger partial charge in [0.15, 0.2) is 23.0 Å². The van der Waals surface area contributed by atoms with E-state index in [4.69, 9.17) is 14.0 Å². The SMILES string of the molecule is Cc1nocc1C(=O)Nc1nn(CCC(C)(C)O)c2ncc(-c3cc(F)c4c(c3)OCO4)cc12. The van der Waals surface area contributed by atoms with Crippen LogP contribution in [0.25, 0.3) is 22.2 Å². The van der Waals surface area contributed by atoms with Crippen molar-refractivity contribution < 1.29 is 28.3 Å². The maximum Gasteiger partial charge on any atom is 0.262 e. The van der Waals surface area contributed by atoms with Crippen LogP contribution < -0.4 is 14.8 Å². The van der Waals surface area contributed by atoms with E-state index in [1.807, 2.05) is 0 Å². The van der Waals surface area contributed by atoms with E-state index in [9.17, 15) is 14.3 Å². The van der Waals surface area contributed by atoms with Crippen LogP contribution in [0.5, 0.6) is 11.5 Å². The third-order valence-corrected chi connectivity index (χ3v) is 5.51. The number of nitrogens with one attached hydrogen (secondary N) is 1. The molecule has 0 radical (unpaired) electrons. The van der Waals surface area contributed by atoms with Crippen molar-refractivity contribution in [3.8, 4) is 22.6 Å². The first-order chi connectivity index (χ1) is 16.2. The van der Waals surface area contributed by atoms with Gasteiger partial charge in [-0.2, -0.15) is 5.10 Å². The number of ether oxygens (including phenoxy) is 2. The molecule has 0 saturated heterocycles. The molecule has 176 valence electrons. The molecule has 1 amide bonds. The first-order valence-corrected chi connectivity index (χ1v) is 10.6. The number of anilines is 1. The van der Waals surface area contributed by atoms with E-state index in [1.54, 1.807) is 43.8 Å². The van der Waals surface area contributed by atoms with Crippen molar-refractivity contribution in [3.05, 3.63) is 47.7 Å². The highest BCUT2D eigenvalue weighted by Gasteiger charge is 2.23. The molecule has 5 rings (SSSR count). The van der Waals surface area contributed by atoms with E-state index < -0.39 is 17.3 Å². The molecule has 4 heterocycles. The molecule has 3 aromatic heterocycles. The van der Waals surface area contributed by atoms with E-state index in [0.717, 1.165) is 0 Å². The largest absolute Gasteiger partial charge is 0.453 e. The highest BCUT2D eigenvalue weighted by Crippen LogP contribution is 2.39. The van der Waals surface area contributed by atoms with Gasteiger partial charge in [0.25, 0.3) is 5.91 Å². The first-order valence-electron chi connectivity index (χ1n) is 10.6. The van der Waals surface area contributed by atoms with Crippen LogP contribution in [0.1, 0.15) is 36.3 Å². The Morgan fingerprint density at radius 2 is 2.09 bits per heavy atom. The molecule has 1 aromatic carbocycles. The quantitative estimate of drug-likeness (QED) is 0.440. The summed E-state index contributed by atoms with van der Waals surface area (Å²) in [6.45, 7) is 5.39. The first kappa shape index (κ1) is 21.8. The molecule has 4 aromatic rings. The second-order valence-electron chi connectivity index (χ2n) is 8.69. The normalized spacial score (nSPS) is 13.0. The number of rotatable bonds is 6. The Hall–Kier alpha value is -3.99. The van der Waals surface area contributed by atoms with Crippen molar-refractivity contribution in [1.29, 1.82) is 0 Å². The lowest BCUT2D eigenvalue weighted by Crippen LogP contribution is -2.21. The zero-order chi connectivity index (χ0) is 24.0. The number of carbonyl (C=O) groups is 1. The molecule has 0 spiro atoms. The molecule has 0 bridgehead atoms. The lowest BCUT2D eigenvalue weighted by molar-refractivity contribution is 0.0654. The molecular formula is C23H22FN5O5. The van der Waals surface area contributed by atoms with E-state index in [-0.39, 0.29) is 23.9 Å². The summed E-state index contributed by atoms with van der Waals surface area (Å²) in [6.07, 6.45) is 3.27. The maximum atomic E-state index is 14.5. The smallest absolute Gasteiger partial charge is 0.262 e. The lowest BCUT2D eigenvalue weighted by Gasteiger charge is -2.16. The number of benzene rings is 1. The van der Waals surface area contributed by atoms with Crippen molar-refractivity contribution in [3.63, 3.8) is 0 Å². The van der Waals surface area contributed by atoms with Crippen LogP contribution in [-0.4, -0.2) is 43.3 Å². The van der Waals surface area contributed by atoms with Gasteiger partial charge in [-0.05, 0) is 51.0 Å². The van der Waals surface area contributed by atoms with Crippen LogP contribution in [-0.2, 0) is 6.54 Å². The summed E-state index contributed by atoms with van der Waals surface area (Å²) in [4.78, 5) is 17.3. The topological polar surface area (TPSA) is 125 Å². The van der Waals surface area contributed by atoms with Gasteiger partial charge in [0.2, 0.25) is 12.5 Å². The van der Waals surface area contributed by atoms with Gasteiger partial charge in [-0.1, -0.05) is 5.16 Å². The zero-order valence-corrected chi connectivity index (χ0v) is 18.8. The van der Waals surface area contributed by atoms with Crippen LogP contribution in [0.2, 0.25) is 0 Å². The van der Waals surface area contributed by atoms with E-state index in [1.165, 1.54) is 12.3 Å². The summed E-state index contributed by atoms with van der Waals surface area (Å²) >= 11 is 0. The van der Waals surface area contributed by atoms with Crippen LogP contribution in [0, 0.1) is 12.7 Å². The van der Waals surface area contributed by atoms with Gasteiger partial charge in [0, 0.05) is 18.3 Å². The third kappa shape index (κ3) is 4.05. The van der Waals surface area contributed by atoms with Crippen LogP contribution in [0.3, 0.4) is 0 Å². The van der Waals surface area contributed by atoms with Crippen molar-refractivity contribution in [2.45, 2.75) is 39.3 Å². The number of nitrogens with zero attached hydrogens (tertiary/aromatic N) is 4. The summed E-state index contributed by atoms with van der Waals surface area (Å²) in [5, 5.41) is 21.7. The van der Waals surface area contributed by atoms with Gasteiger partial charge < -0.3 is 24.4 Å². The number of hydrogen-bond donors (Lipinski definition) is 2. The Labute approximate surface area is 193 Å². The van der Waals surface area contributed by atoms with Crippen LogP contribution in [0.4, 0.5) is 10.2 Å². The lowest BCUT2D eigenvalue weighted by atomic mass is 10.1. The fraction of sp³-hybridized carbons (Fsp3) is 0.304. The summed E-state index contributed by atoms with van der Waals surface area (Å²) in [6, 6.07) is 4.78. The minimum absolute atomic E-state index is 0.0422. The van der Waals surface area contributed by atoms with E-state index in [2.05, 4.69) is 20.6 Å². The second-order valence-corrected chi connectivity index (χ2v) is 8.69. The Balaban J connectivity index is 1.57. The molecule has 1 aliphatic heterocycles. The number of aromatic nitrogens is 4. The Morgan fingerprint density at radius 1 is 1.26 bits per heavy atom. The van der Waals surface area contributed by atoms with Crippen molar-refractivity contribution >= 4 is 22.8 Å². The standard InChI is InChI=1S/C23H22FN5O5/c1-12-16(10-34-28-12)22(30)26-20-15-6-14(13-7-17(24)19-18(8-13)32-11-33-19)9-25-21(15)29(27-20)5-4-23(2,3)31/h6-10,31H,4-5,11H2,1-3H3,(H,26,27,30).